The third-order valence-corrected chi connectivity index (χ3v) is 14.1. The van der Waals surface area contributed by atoms with Crippen LogP contribution < -0.4 is 5.32 Å². The summed E-state index contributed by atoms with van der Waals surface area (Å²) >= 11 is 0. The SMILES string of the molecule is CCC/C=C\C/C=C\CCCCCCCC(=O)NC(COP(=O)(O)OCC[N+](C)(C)C)C(O)/C=C/CCCCCCCCCCCCCCCCCCCCCCCCCCCCCCCC. The molecule has 0 bridgehead atoms. The first kappa shape index (κ1) is 65.7. The number of nitrogens with zero attached hydrogens (tertiary/aromatic N) is 1. The highest BCUT2D eigenvalue weighted by molar-refractivity contribution is 7.47. The van der Waals surface area contributed by atoms with Crippen molar-refractivity contribution in [2.75, 3.05) is 40.9 Å². The van der Waals surface area contributed by atoms with Crippen molar-refractivity contribution in [2.24, 2.45) is 0 Å². The summed E-state index contributed by atoms with van der Waals surface area (Å²) in [6, 6.07) is -0.853. The van der Waals surface area contributed by atoms with Crippen LogP contribution in [0.4, 0.5) is 0 Å². The van der Waals surface area contributed by atoms with Gasteiger partial charge in [0, 0.05) is 6.42 Å². The predicted octanol–water partition coefficient (Wildman–Crippen LogP) is 17.4. The zero-order valence-electron chi connectivity index (χ0n) is 45.2. The standard InChI is InChI=1S/C58H113N2O6P/c1-6-8-10-12-14-16-18-20-21-22-23-24-25-26-27-28-29-30-31-32-33-34-35-36-37-38-40-41-43-45-47-49-51-57(61)56(55-66-67(63,64)65-54-53-60(3,4)5)59-58(62)52-50-48-46-44-42-39-19-17-15-13-11-9-7-2/h11,13,17,19,49,51,56-57,61H,6-10,12,14-16,18,20-48,50,52-55H2,1-5H3,(H-,59,62,63,64)/p+1/b13-11-,19-17-,51-49+. The Kier molecular flexibility index (Phi) is 48.7. The van der Waals surface area contributed by atoms with E-state index in [1.54, 1.807) is 6.08 Å². The molecule has 0 aromatic carbocycles. The van der Waals surface area contributed by atoms with Gasteiger partial charge in [-0.1, -0.05) is 262 Å². The number of allylic oxidation sites excluding steroid dienone is 5. The third kappa shape index (κ3) is 52.4. The van der Waals surface area contributed by atoms with Crippen LogP contribution in [0.5, 0.6) is 0 Å². The van der Waals surface area contributed by atoms with E-state index in [9.17, 15) is 19.4 Å². The number of carbonyl (C=O) groups is 1. The number of likely N-dealkylation sites (N-methyl/N-ethyl adjacent to an activating group) is 1. The predicted molar refractivity (Wildman–Crippen MR) is 291 cm³/mol. The molecule has 0 aromatic heterocycles. The highest BCUT2D eigenvalue weighted by Crippen LogP contribution is 2.43. The van der Waals surface area contributed by atoms with E-state index in [0.717, 1.165) is 70.6 Å². The van der Waals surface area contributed by atoms with Gasteiger partial charge >= 0.3 is 7.82 Å². The Bertz CT molecular complexity index is 1190. The maximum absolute atomic E-state index is 12.9. The Hall–Kier alpha value is -1.28. The molecule has 0 saturated carbocycles. The van der Waals surface area contributed by atoms with Gasteiger partial charge in [0.1, 0.15) is 13.2 Å². The molecule has 0 radical (unpaired) electrons. The summed E-state index contributed by atoms with van der Waals surface area (Å²) in [6.07, 6.45) is 64.1. The van der Waals surface area contributed by atoms with Crippen LogP contribution in [0, 0.1) is 0 Å². The van der Waals surface area contributed by atoms with Crippen LogP contribution in [-0.2, 0) is 18.4 Å². The first-order valence-electron chi connectivity index (χ1n) is 28.9. The lowest BCUT2D eigenvalue weighted by Crippen LogP contribution is -2.45. The molecule has 0 aliphatic rings. The van der Waals surface area contributed by atoms with Gasteiger partial charge in [-0.05, 0) is 44.9 Å². The summed E-state index contributed by atoms with van der Waals surface area (Å²) in [6.45, 7) is 4.76. The van der Waals surface area contributed by atoms with Crippen molar-refractivity contribution in [1.82, 2.24) is 5.32 Å². The Balaban J connectivity index is 4.05. The number of amides is 1. The molecule has 1 amide bonds. The van der Waals surface area contributed by atoms with Crippen LogP contribution in [0.1, 0.15) is 277 Å². The molecule has 0 aliphatic carbocycles. The number of hydrogen-bond donors (Lipinski definition) is 3. The van der Waals surface area contributed by atoms with Crippen molar-refractivity contribution in [3.05, 3.63) is 36.5 Å². The molecular weight excluding hydrogens is 852 g/mol. The second kappa shape index (κ2) is 49.7. The van der Waals surface area contributed by atoms with E-state index in [0.29, 0.717) is 17.4 Å². The second-order valence-electron chi connectivity index (χ2n) is 21.0. The highest BCUT2D eigenvalue weighted by atomic mass is 31.2. The molecule has 3 atom stereocenters. The molecule has 0 aromatic rings. The summed E-state index contributed by atoms with van der Waals surface area (Å²) in [4.78, 5) is 23.2. The van der Waals surface area contributed by atoms with Gasteiger partial charge in [0.05, 0.1) is 39.9 Å². The van der Waals surface area contributed by atoms with E-state index >= 15 is 0 Å². The van der Waals surface area contributed by atoms with Crippen molar-refractivity contribution >= 4 is 13.7 Å². The highest BCUT2D eigenvalue weighted by Gasteiger charge is 2.27. The number of nitrogens with one attached hydrogen (secondary N) is 1. The number of aliphatic hydroxyl groups excluding tert-OH is 1. The van der Waals surface area contributed by atoms with Crippen molar-refractivity contribution in [2.45, 2.75) is 289 Å². The van der Waals surface area contributed by atoms with Gasteiger partial charge in [0.15, 0.2) is 0 Å². The van der Waals surface area contributed by atoms with E-state index < -0.39 is 20.0 Å². The maximum atomic E-state index is 12.9. The van der Waals surface area contributed by atoms with Crippen molar-refractivity contribution < 1.29 is 32.9 Å². The van der Waals surface area contributed by atoms with E-state index in [4.69, 9.17) is 9.05 Å². The lowest BCUT2D eigenvalue weighted by atomic mass is 10.0. The second-order valence-corrected chi connectivity index (χ2v) is 22.5. The Morgan fingerprint density at radius 1 is 0.507 bits per heavy atom. The number of quaternary nitrogens is 1. The molecule has 3 unspecified atom stereocenters. The number of phosphoric ester groups is 1. The number of aliphatic hydroxyl groups is 1. The average Bonchev–Trinajstić information content (AvgIpc) is 3.29. The fourth-order valence-corrected chi connectivity index (χ4v) is 9.29. The summed E-state index contributed by atoms with van der Waals surface area (Å²) in [5, 5.41) is 13.9. The fraction of sp³-hybridized carbons (Fsp3) is 0.879. The van der Waals surface area contributed by atoms with Gasteiger partial charge in [-0.25, -0.2) is 4.57 Å². The molecular formula is C58H114N2O6P+. The Morgan fingerprint density at radius 2 is 0.881 bits per heavy atom. The van der Waals surface area contributed by atoms with Crippen LogP contribution >= 0.6 is 7.82 Å². The number of unbranched alkanes of at least 4 members (excludes halogenated alkanes) is 36. The molecule has 67 heavy (non-hydrogen) atoms. The molecule has 396 valence electrons. The minimum absolute atomic E-state index is 0.0587. The quantitative estimate of drug-likeness (QED) is 0.0243. The van der Waals surface area contributed by atoms with Gasteiger partial charge in [-0.2, -0.15) is 0 Å². The van der Waals surface area contributed by atoms with Crippen LogP contribution in [0.25, 0.3) is 0 Å². The summed E-state index contributed by atoms with van der Waals surface area (Å²) in [5.74, 6) is -0.190. The average molecular weight is 967 g/mol. The summed E-state index contributed by atoms with van der Waals surface area (Å²) in [7, 11) is 1.57. The minimum Gasteiger partial charge on any atom is -0.387 e. The zero-order chi connectivity index (χ0) is 49.2. The van der Waals surface area contributed by atoms with Crippen molar-refractivity contribution in [3.8, 4) is 0 Å². The lowest BCUT2D eigenvalue weighted by Gasteiger charge is -2.25. The largest absolute Gasteiger partial charge is 0.472 e. The summed E-state index contributed by atoms with van der Waals surface area (Å²) < 4.78 is 23.7. The zero-order valence-corrected chi connectivity index (χ0v) is 46.0. The van der Waals surface area contributed by atoms with Crippen LogP contribution in [0.3, 0.4) is 0 Å². The van der Waals surface area contributed by atoms with Crippen LogP contribution in [-0.4, -0.2) is 73.4 Å². The van der Waals surface area contributed by atoms with E-state index in [2.05, 4.69) is 43.5 Å². The minimum atomic E-state index is -4.35. The molecule has 0 spiro atoms. The van der Waals surface area contributed by atoms with Crippen LogP contribution in [0.2, 0.25) is 0 Å². The van der Waals surface area contributed by atoms with E-state index in [1.807, 2.05) is 27.2 Å². The van der Waals surface area contributed by atoms with Gasteiger partial charge < -0.3 is 19.8 Å². The Labute approximate surface area is 417 Å². The first-order valence-corrected chi connectivity index (χ1v) is 30.4. The molecule has 0 fully saturated rings. The molecule has 8 nitrogen and oxygen atoms in total. The summed E-state index contributed by atoms with van der Waals surface area (Å²) in [5.41, 5.74) is 0. The van der Waals surface area contributed by atoms with E-state index in [1.165, 1.54) is 186 Å². The molecule has 3 N–H and O–H groups in total. The smallest absolute Gasteiger partial charge is 0.387 e. The number of phosphoric acid groups is 1. The topological polar surface area (TPSA) is 105 Å². The lowest BCUT2D eigenvalue weighted by molar-refractivity contribution is -0.870. The van der Waals surface area contributed by atoms with Gasteiger partial charge in [-0.15, -0.1) is 0 Å². The monoisotopic (exact) mass is 966 g/mol. The Morgan fingerprint density at radius 3 is 1.28 bits per heavy atom. The van der Waals surface area contributed by atoms with Crippen molar-refractivity contribution in [1.29, 1.82) is 0 Å². The molecule has 0 saturated heterocycles. The molecule has 0 aliphatic heterocycles. The molecule has 0 rings (SSSR count). The first-order chi connectivity index (χ1) is 32.5. The van der Waals surface area contributed by atoms with Crippen LogP contribution in [0.15, 0.2) is 36.5 Å². The van der Waals surface area contributed by atoms with Gasteiger partial charge in [-0.3, -0.25) is 13.8 Å². The fourth-order valence-electron chi connectivity index (χ4n) is 8.55. The normalized spacial score (nSPS) is 14.2. The molecule has 9 heteroatoms. The van der Waals surface area contributed by atoms with Gasteiger partial charge in [0.25, 0.3) is 0 Å². The van der Waals surface area contributed by atoms with Gasteiger partial charge in [0.2, 0.25) is 5.91 Å². The van der Waals surface area contributed by atoms with Crippen molar-refractivity contribution in [3.63, 3.8) is 0 Å². The number of hydrogen-bond acceptors (Lipinski definition) is 5. The third-order valence-electron chi connectivity index (χ3n) is 13.1. The molecule has 0 heterocycles. The maximum Gasteiger partial charge on any atom is 0.472 e. The number of rotatable bonds is 53. The van der Waals surface area contributed by atoms with E-state index in [-0.39, 0.29) is 19.1 Å². The number of carbonyl (C=O) groups excluding carboxylic acids is 1.